The first-order valence-electron chi connectivity index (χ1n) is 6.26. The number of hydrogen-bond acceptors (Lipinski definition) is 5. The molecule has 3 rings (SSSR count). The van der Waals surface area contributed by atoms with E-state index >= 15 is 0 Å². The maximum absolute atomic E-state index is 11.6. The molecule has 2 heterocycles. The summed E-state index contributed by atoms with van der Waals surface area (Å²) in [5, 5.41) is 3.78. The van der Waals surface area contributed by atoms with Gasteiger partial charge < -0.3 is 16.0 Å². The third-order valence-electron chi connectivity index (χ3n) is 3.20. The maximum atomic E-state index is 11.6. The summed E-state index contributed by atoms with van der Waals surface area (Å²) < 4.78 is 0. The Balaban J connectivity index is 2.06. The number of benzene rings is 1. The topological polar surface area (TPSA) is 84.1 Å². The molecular formula is C13H15N5O. The first-order valence-corrected chi connectivity index (χ1v) is 6.26. The molecule has 0 unspecified atom stereocenters. The van der Waals surface area contributed by atoms with E-state index in [9.17, 15) is 4.79 Å². The van der Waals surface area contributed by atoms with Crippen molar-refractivity contribution in [3.05, 3.63) is 24.5 Å². The highest BCUT2D eigenvalue weighted by Gasteiger charge is 2.18. The van der Waals surface area contributed by atoms with Crippen LogP contribution in [0.1, 0.15) is 6.42 Å². The second kappa shape index (κ2) is 4.72. The van der Waals surface area contributed by atoms with Gasteiger partial charge in [0.15, 0.2) is 0 Å². The third-order valence-corrected chi connectivity index (χ3v) is 3.20. The van der Waals surface area contributed by atoms with Gasteiger partial charge in [0.1, 0.15) is 12.1 Å². The lowest BCUT2D eigenvalue weighted by atomic mass is 10.2. The highest BCUT2D eigenvalue weighted by molar-refractivity contribution is 5.93. The summed E-state index contributed by atoms with van der Waals surface area (Å²) in [4.78, 5) is 22.2. The molecule has 6 nitrogen and oxygen atoms in total. The van der Waals surface area contributed by atoms with E-state index < -0.39 is 0 Å². The van der Waals surface area contributed by atoms with Crippen molar-refractivity contribution in [1.82, 2.24) is 15.3 Å². The average molecular weight is 257 g/mol. The van der Waals surface area contributed by atoms with Gasteiger partial charge >= 0.3 is 0 Å². The fourth-order valence-electron chi connectivity index (χ4n) is 2.30. The number of nitrogens with zero attached hydrogens (tertiary/aromatic N) is 3. The summed E-state index contributed by atoms with van der Waals surface area (Å²) in [5.74, 6) is 0.821. The number of fused-ring (bicyclic) bond motifs is 1. The molecule has 0 aliphatic carbocycles. The molecule has 98 valence electrons. The van der Waals surface area contributed by atoms with E-state index in [1.807, 2.05) is 23.1 Å². The van der Waals surface area contributed by atoms with Crippen molar-refractivity contribution >= 4 is 28.3 Å². The summed E-state index contributed by atoms with van der Waals surface area (Å²) in [6, 6.07) is 5.55. The van der Waals surface area contributed by atoms with Crippen LogP contribution in [0.2, 0.25) is 0 Å². The van der Waals surface area contributed by atoms with Crippen LogP contribution in [0.25, 0.3) is 10.9 Å². The zero-order valence-corrected chi connectivity index (χ0v) is 10.5. The number of nitrogens with two attached hydrogens (primary N) is 1. The Morgan fingerprint density at radius 2 is 2.21 bits per heavy atom. The number of aromatic nitrogens is 2. The number of amides is 1. The lowest BCUT2D eigenvalue weighted by Gasteiger charge is -2.21. The van der Waals surface area contributed by atoms with Gasteiger partial charge in [0.2, 0.25) is 5.91 Å². The summed E-state index contributed by atoms with van der Waals surface area (Å²) in [6.45, 7) is 1.84. The number of anilines is 2. The molecule has 1 saturated heterocycles. The molecule has 1 aromatic carbocycles. The van der Waals surface area contributed by atoms with Crippen LogP contribution in [-0.2, 0) is 4.79 Å². The molecule has 2 aromatic rings. The lowest BCUT2D eigenvalue weighted by Crippen LogP contribution is -2.33. The second-order valence-corrected chi connectivity index (χ2v) is 4.60. The van der Waals surface area contributed by atoms with E-state index in [0.717, 1.165) is 29.7 Å². The second-order valence-electron chi connectivity index (χ2n) is 4.60. The molecule has 1 fully saturated rings. The Bertz CT molecular complexity index is 627. The van der Waals surface area contributed by atoms with Gasteiger partial charge in [-0.05, 0) is 24.6 Å². The number of carbonyl (C=O) groups excluding carboxylic acids is 1. The van der Waals surface area contributed by atoms with Crippen molar-refractivity contribution in [1.29, 1.82) is 0 Å². The van der Waals surface area contributed by atoms with Crippen LogP contribution < -0.4 is 16.0 Å². The molecule has 0 atom stereocenters. The van der Waals surface area contributed by atoms with Gasteiger partial charge in [0.25, 0.3) is 0 Å². The van der Waals surface area contributed by atoms with Gasteiger partial charge in [-0.25, -0.2) is 9.97 Å². The van der Waals surface area contributed by atoms with Crippen LogP contribution >= 0.6 is 0 Å². The van der Waals surface area contributed by atoms with Crippen LogP contribution in [0.5, 0.6) is 0 Å². The van der Waals surface area contributed by atoms with Gasteiger partial charge in [-0.2, -0.15) is 0 Å². The van der Waals surface area contributed by atoms with E-state index in [4.69, 9.17) is 5.73 Å². The minimum Gasteiger partial charge on any atom is -0.399 e. The van der Waals surface area contributed by atoms with Gasteiger partial charge in [-0.1, -0.05) is 0 Å². The molecule has 0 saturated carbocycles. The minimum absolute atomic E-state index is 0.0275. The van der Waals surface area contributed by atoms with Crippen LogP contribution in [0.15, 0.2) is 24.5 Å². The zero-order chi connectivity index (χ0) is 13.2. The quantitative estimate of drug-likeness (QED) is 0.728. The number of nitrogen functional groups attached to an aromatic ring is 1. The highest BCUT2D eigenvalue weighted by Crippen LogP contribution is 2.24. The van der Waals surface area contributed by atoms with E-state index in [-0.39, 0.29) is 5.91 Å². The van der Waals surface area contributed by atoms with Gasteiger partial charge in [0, 0.05) is 24.2 Å². The van der Waals surface area contributed by atoms with Crippen LogP contribution in [0.3, 0.4) is 0 Å². The largest absolute Gasteiger partial charge is 0.399 e. The van der Waals surface area contributed by atoms with E-state index in [0.29, 0.717) is 18.8 Å². The summed E-state index contributed by atoms with van der Waals surface area (Å²) >= 11 is 0. The highest BCUT2D eigenvalue weighted by atomic mass is 16.2. The van der Waals surface area contributed by atoms with Crippen molar-refractivity contribution in [3.8, 4) is 0 Å². The van der Waals surface area contributed by atoms with Gasteiger partial charge in [-0.3, -0.25) is 4.79 Å². The molecule has 3 N–H and O–H groups in total. The predicted molar refractivity (Wildman–Crippen MR) is 73.8 cm³/mol. The van der Waals surface area contributed by atoms with Crippen LogP contribution in [0, 0.1) is 0 Å². The summed E-state index contributed by atoms with van der Waals surface area (Å²) in [6.07, 6.45) is 2.42. The summed E-state index contributed by atoms with van der Waals surface area (Å²) in [7, 11) is 0. The first-order chi connectivity index (χ1) is 9.24. The van der Waals surface area contributed by atoms with Gasteiger partial charge in [-0.15, -0.1) is 0 Å². The van der Waals surface area contributed by atoms with Crippen LogP contribution in [0.4, 0.5) is 11.5 Å². The lowest BCUT2D eigenvalue weighted by molar-refractivity contribution is -0.119. The van der Waals surface area contributed by atoms with E-state index in [1.54, 1.807) is 0 Å². The number of hydrogen-bond donors (Lipinski definition) is 2. The molecule has 1 aliphatic heterocycles. The monoisotopic (exact) mass is 257 g/mol. The smallest absolute Gasteiger partial charge is 0.239 e. The fourth-order valence-corrected chi connectivity index (χ4v) is 2.30. The zero-order valence-electron chi connectivity index (χ0n) is 10.5. The number of rotatable bonds is 1. The average Bonchev–Trinajstić information content (AvgIpc) is 2.62. The molecule has 1 amide bonds. The Morgan fingerprint density at radius 1 is 1.32 bits per heavy atom. The van der Waals surface area contributed by atoms with Crippen molar-refractivity contribution in [3.63, 3.8) is 0 Å². The standard InChI is InChI=1S/C13H15N5O/c14-9-2-3-10-11(6-9)16-8-17-13(10)18-5-1-4-15-12(19)7-18/h2-3,6,8H,1,4-5,7,14H2,(H,15,19). The van der Waals surface area contributed by atoms with Crippen LogP contribution in [-0.4, -0.2) is 35.5 Å². The Hall–Kier alpha value is -2.37. The molecule has 6 heteroatoms. The Morgan fingerprint density at radius 3 is 3.11 bits per heavy atom. The minimum atomic E-state index is 0.0275. The predicted octanol–water partition coefficient (Wildman–Crippen LogP) is 0.538. The van der Waals surface area contributed by atoms with Crippen molar-refractivity contribution in [2.24, 2.45) is 0 Å². The molecule has 0 spiro atoms. The molecular weight excluding hydrogens is 242 g/mol. The Labute approximate surface area is 110 Å². The van der Waals surface area contributed by atoms with Gasteiger partial charge in [0.05, 0.1) is 12.1 Å². The fraction of sp³-hybridized carbons (Fsp3) is 0.308. The third kappa shape index (κ3) is 2.29. The van der Waals surface area contributed by atoms with E-state index in [2.05, 4.69) is 15.3 Å². The maximum Gasteiger partial charge on any atom is 0.239 e. The molecule has 1 aromatic heterocycles. The summed E-state index contributed by atoms with van der Waals surface area (Å²) in [5.41, 5.74) is 7.23. The molecule has 0 bridgehead atoms. The first kappa shape index (κ1) is 11.7. The number of nitrogens with one attached hydrogen (secondary N) is 1. The SMILES string of the molecule is Nc1ccc2c(N3CCCNC(=O)C3)ncnc2c1. The van der Waals surface area contributed by atoms with Crippen molar-refractivity contribution < 1.29 is 4.79 Å². The molecule has 19 heavy (non-hydrogen) atoms. The number of carbonyl (C=O) groups is 1. The van der Waals surface area contributed by atoms with Crippen molar-refractivity contribution in [2.45, 2.75) is 6.42 Å². The van der Waals surface area contributed by atoms with E-state index in [1.165, 1.54) is 6.33 Å². The van der Waals surface area contributed by atoms with Crippen molar-refractivity contribution in [2.75, 3.05) is 30.3 Å². The Kier molecular flexibility index (Phi) is 2.91. The normalized spacial score (nSPS) is 16.2. The molecule has 0 radical (unpaired) electrons. The molecule has 1 aliphatic rings.